The number of piperidine rings is 1. The highest BCUT2D eigenvalue weighted by Crippen LogP contribution is 2.44. The van der Waals surface area contributed by atoms with Gasteiger partial charge in [0.1, 0.15) is 0 Å². The molecule has 6 rings (SSSR count). The number of benzene rings is 3. The van der Waals surface area contributed by atoms with Crippen LogP contribution in [0.4, 0.5) is 5.82 Å². The maximum atomic E-state index is 12.8. The van der Waals surface area contributed by atoms with E-state index in [9.17, 15) is 4.79 Å². The predicted molar refractivity (Wildman–Crippen MR) is 152 cm³/mol. The van der Waals surface area contributed by atoms with Crippen LogP contribution in [0.3, 0.4) is 0 Å². The van der Waals surface area contributed by atoms with E-state index in [-0.39, 0.29) is 17.2 Å². The number of hydrogen-bond acceptors (Lipinski definition) is 4. The molecule has 5 heteroatoms. The minimum Gasteiger partial charge on any atom is -0.355 e. The topological polar surface area (TPSA) is 58.1 Å². The second-order valence-corrected chi connectivity index (χ2v) is 10.3. The minimum atomic E-state index is -0.186. The third-order valence-corrected chi connectivity index (χ3v) is 8.06. The summed E-state index contributed by atoms with van der Waals surface area (Å²) < 4.78 is 0. The first-order chi connectivity index (χ1) is 18.7. The molecule has 1 saturated heterocycles. The first-order valence-corrected chi connectivity index (χ1v) is 13.5. The molecule has 190 valence electrons. The van der Waals surface area contributed by atoms with Crippen molar-refractivity contribution in [3.8, 4) is 0 Å². The number of carbonyl (C=O) groups excluding carboxylic acids is 1. The number of allylic oxidation sites excluding steroid dienone is 1. The van der Waals surface area contributed by atoms with E-state index in [0.717, 1.165) is 38.2 Å². The highest BCUT2D eigenvalue weighted by molar-refractivity contribution is 5.92. The number of aromatic nitrogens is 2. The normalized spacial score (nSPS) is 15.6. The SMILES string of the molecule is O=C(NCCC(c1ccccc1)c1ccccc1)c1ccc(N2CCC3(C=Cc4ccccc43)CC2)nn1. The van der Waals surface area contributed by atoms with Crippen LogP contribution in [-0.4, -0.2) is 35.7 Å². The highest BCUT2D eigenvalue weighted by atomic mass is 16.1. The van der Waals surface area contributed by atoms with E-state index in [2.05, 4.69) is 105 Å². The third kappa shape index (κ3) is 4.84. The molecule has 1 N–H and O–H groups in total. The van der Waals surface area contributed by atoms with Gasteiger partial charge >= 0.3 is 0 Å². The van der Waals surface area contributed by atoms with Crippen molar-refractivity contribution in [2.24, 2.45) is 0 Å². The Balaban J connectivity index is 1.05. The summed E-state index contributed by atoms with van der Waals surface area (Å²) >= 11 is 0. The van der Waals surface area contributed by atoms with E-state index < -0.39 is 0 Å². The summed E-state index contributed by atoms with van der Waals surface area (Å²) in [7, 11) is 0. The predicted octanol–water partition coefficient (Wildman–Crippen LogP) is 5.99. The summed E-state index contributed by atoms with van der Waals surface area (Å²) in [5.74, 6) is 0.865. The van der Waals surface area contributed by atoms with E-state index in [1.54, 1.807) is 6.07 Å². The maximum Gasteiger partial charge on any atom is 0.271 e. The Kier molecular flexibility index (Phi) is 6.74. The van der Waals surface area contributed by atoms with Crippen LogP contribution in [0.25, 0.3) is 6.08 Å². The molecule has 0 saturated carbocycles. The summed E-state index contributed by atoms with van der Waals surface area (Å²) in [6.07, 6.45) is 7.55. The minimum absolute atomic E-state index is 0.137. The summed E-state index contributed by atoms with van der Waals surface area (Å²) in [6, 6.07) is 33.3. The lowest BCUT2D eigenvalue weighted by molar-refractivity contribution is 0.0947. The van der Waals surface area contributed by atoms with E-state index in [4.69, 9.17) is 0 Å². The molecule has 0 radical (unpaired) electrons. The molecule has 5 nitrogen and oxygen atoms in total. The first-order valence-electron chi connectivity index (χ1n) is 13.5. The van der Waals surface area contributed by atoms with Gasteiger partial charge in [0.05, 0.1) is 0 Å². The zero-order chi connectivity index (χ0) is 25.8. The van der Waals surface area contributed by atoms with Gasteiger partial charge in [0.15, 0.2) is 11.5 Å². The Labute approximate surface area is 224 Å². The smallest absolute Gasteiger partial charge is 0.271 e. The molecule has 1 spiro atoms. The quantitative estimate of drug-likeness (QED) is 0.338. The number of nitrogens with one attached hydrogen (secondary N) is 1. The lowest BCUT2D eigenvalue weighted by Gasteiger charge is -2.39. The number of carbonyl (C=O) groups is 1. The summed E-state index contributed by atoms with van der Waals surface area (Å²) in [4.78, 5) is 15.1. The van der Waals surface area contributed by atoms with Crippen LogP contribution in [0.5, 0.6) is 0 Å². The van der Waals surface area contributed by atoms with Gasteiger partial charge in [-0.05, 0) is 53.6 Å². The van der Waals surface area contributed by atoms with Gasteiger partial charge < -0.3 is 10.2 Å². The van der Waals surface area contributed by atoms with Crippen LogP contribution in [0, 0.1) is 0 Å². The number of hydrogen-bond donors (Lipinski definition) is 1. The van der Waals surface area contributed by atoms with Crippen molar-refractivity contribution >= 4 is 17.8 Å². The van der Waals surface area contributed by atoms with Crippen LogP contribution in [0.1, 0.15) is 57.9 Å². The van der Waals surface area contributed by atoms with Crippen molar-refractivity contribution in [2.45, 2.75) is 30.6 Å². The molecule has 1 aliphatic heterocycles. The third-order valence-electron chi connectivity index (χ3n) is 8.06. The summed E-state index contributed by atoms with van der Waals surface area (Å²) in [5.41, 5.74) is 5.77. The van der Waals surface area contributed by atoms with Gasteiger partial charge in [-0.25, -0.2) is 0 Å². The maximum absolute atomic E-state index is 12.8. The van der Waals surface area contributed by atoms with Crippen LogP contribution in [0.2, 0.25) is 0 Å². The molecule has 1 aliphatic carbocycles. The standard InChI is InChI=1S/C33H32N4O/c38-32(34-22-18-28(25-9-3-1-4-10-25)26-11-5-2-6-12-26)30-15-16-31(36-35-30)37-23-20-33(21-24-37)19-17-27-13-7-8-14-29(27)33/h1-17,19,28H,18,20-24H2,(H,34,38). The summed E-state index contributed by atoms with van der Waals surface area (Å²) in [5, 5.41) is 11.7. The van der Waals surface area contributed by atoms with Crippen LogP contribution in [0.15, 0.2) is 103 Å². The lowest BCUT2D eigenvalue weighted by Crippen LogP contribution is -2.41. The Hall–Kier alpha value is -4.25. The van der Waals surface area contributed by atoms with Crippen LogP contribution >= 0.6 is 0 Å². The van der Waals surface area contributed by atoms with E-state index in [0.29, 0.717) is 12.2 Å². The molecule has 0 bridgehead atoms. The average molecular weight is 501 g/mol. The van der Waals surface area contributed by atoms with Crippen LogP contribution < -0.4 is 10.2 Å². The molecule has 0 atom stereocenters. The number of nitrogens with zero attached hydrogens (tertiary/aromatic N) is 3. The van der Waals surface area contributed by atoms with Gasteiger partial charge in [0.2, 0.25) is 0 Å². The fourth-order valence-electron chi connectivity index (χ4n) is 5.94. The number of fused-ring (bicyclic) bond motifs is 2. The van der Waals surface area contributed by atoms with E-state index in [1.165, 1.54) is 22.3 Å². The van der Waals surface area contributed by atoms with Gasteiger partial charge in [-0.3, -0.25) is 4.79 Å². The van der Waals surface area contributed by atoms with Crippen molar-refractivity contribution < 1.29 is 4.79 Å². The van der Waals surface area contributed by atoms with Gasteiger partial charge in [-0.1, -0.05) is 97.1 Å². The largest absolute Gasteiger partial charge is 0.355 e. The number of rotatable bonds is 7. The second kappa shape index (κ2) is 10.6. The van der Waals surface area contributed by atoms with Crippen molar-refractivity contribution in [3.05, 3.63) is 131 Å². The van der Waals surface area contributed by atoms with Crippen molar-refractivity contribution in [1.29, 1.82) is 0 Å². The Morgan fingerprint density at radius 2 is 1.47 bits per heavy atom. The zero-order valence-corrected chi connectivity index (χ0v) is 21.5. The second-order valence-electron chi connectivity index (χ2n) is 10.3. The molecule has 3 aromatic carbocycles. The van der Waals surface area contributed by atoms with Gasteiger partial charge in [-0.2, -0.15) is 0 Å². The molecule has 1 aromatic heterocycles. The van der Waals surface area contributed by atoms with Gasteiger partial charge in [0, 0.05) is 31.0 Å². The monoisotopic (exact) mass is 500 g/mol. The lowest BCUT2D eigenvalue weighted by atomic mass is 9.74. The van der Waals surface area contributed by atoms with E-state index >= 15 is 0 Å². The van der Waals surface area contributed by atoms with E-state index in [1.807, 2.05) is 18.2 Å². The summed E-state index contributed by atoms with van der Waals surface area (Å²) in [6.45, 7) is 2.39. The Morgan fingerprint density at radius 3 is 2.13 bits per heavy atom. The molecular weight excluding hydrogens is 468 g/mol. The highest BCUT2D eigenvalue weighted by Gasteiger charge is 2.38. The molecule has 2 heterocycles. The fraction of sp³-hybridized carbons (Fsp3) is 0.242. The molecule has 1 amide bonds. The zero-order valence-electron chi connectivity index (χ0n) is 21.5. The molecule has 1 fully saturated rings. The average Bonchev–Trinajstić information content (AvgIpc) is 3.34. The molecule has 38 heavy (non-hydrogen) atoms. The van der Waals surface area contributed by atoms with Crippen molar-refractivity contribution in [2.75, 3.05) is 24.5 Å². The van der Waals surface area contributed by atoms with Crippen molar-refractivity contribution in [1.82, 2.24) is 15.5 Å². The molecule has 2 aliphatic rings. The Bertz CT molecular complexity index is 1370. The fourth-order valence-corrected chi connectivity index (χ4v) is 5.94. The van der Waals surface area contributed by atoms with Gasteiger partial charge in [0.25, 0.3) is 5.91 Å². The Morgan fingerprint density at radius 1 is 0.816 bits per heavy atom. The molecule has 0 unspecified atom stereocenters. The number of anilines is 1. The van der Waals surface area contributed by atoms with Crippen LogP contribution in [-0.2, 0) is 5.41 Å². The van der Waals surface area contributed by atoms with Gasteiger partial charge in [-0.15, -0.1) is 10.2 Å². The molecule has 4 aromatic rings. The molecular formula is C33H32N4O. The first kappa shape index (κ1) is 24.1. The van der Waals surface area contributed by atoms with Crippen molar-refractivity contribution in [3.63, 3.8) is 0 Å². The number of amides is 1.